The maximum absolute atomic E-state index is 11.3. The molecule has 2 rings (SSSR count). The van der Waals surface area contributed by atoms with Gasteiger partial charge in [-0.15, -0.1) is 10.2 Å². The normalized spacial score (nSPS) is 10.4. The summed E-state index contributed by atoms with van der Waals surface area (Å²) in [6.07, 6.45) is 0.00664. The van der Waals surface area contributed by atoms with Gasteiger partial charge in [-0.1, -0.05) is 6.07 Å². The largest absolute Gasteiger partial charge is 0.475 e. The van der Waals surface area contributed by atoms with Crippen molar-refractivity contribution in [1.29, 1.82) is 0 Å². The predicted octanol–water partition coefficient (Wildman–Crippen LogP) is 1.08. The molecule has 0 saturated heterocycles. The molecule has 5 N–H and O–H groups in total. The second kappa shape index (κ2) is 6.04. The van der Waals surface area contributed by atoms with E-state index in [1.807, 2.05) is 13.8 Å². The fraction of sp³-hybridized carbons (Fsp3) is 0.231. The summed E-state index contributed by atoms with van der Waals surface area (Å²) in [7, 11) is 0. The number of hydrogen-bond acceptors (Lipinski definition) is 7. The van der Waals surface area contributed by atoms with E-state index in [0.29, 0.717) is 17.4 Å². The average Bonchev–Trinajstić information content (AvgIpc) is 2.38. The van der Waals surface area contributed by atoms with Crippen LogP contribution in [0, 0.1) is 0 Å². The van der Waals surface area contributed by atoms with Crippen LogP contribution < -0.4 is 21.5 Å². The molecule has 0 radical (unpaired) electrons. The molecule has 0 atom stereocenters. The highest BCUT2D eigenvalue weighted by molar-refractivity contribution is 5.97. The van der Waals surface area contributed by atoms with Crippen LogP contribution >= 0.6 is 0 Å². The number of aromatic nitrogens is 3. The first-order chi connectivity index (χ1) is 9.95. The number of carbonyl (C=O) groups is 1. The number of amides is 1. The minimum absolute atomic E-state index is 0.00664. The van der Waals surface area contributed by atoms with Gasteiger partial charge in [-0.05, 0) is 19.9 Å². The summed E-state index contributed by atoms with van der Waals surface area (Å²) in [4.78, 5) is 15.6. The maximum atomic E-state index is 11.3. The van der Waals surface area contributed by atoms with Crippen molar-refractivity contribution in [3.8, 4) is 5.88 Å². The van der Waals surface area contributed by atoms with Crippen LogP contribution in [0.25, 0.3) is 0 Å². The van der Waals surface area contributed by atoms with E-state index in [0.717, 1.165) is 0 Å². The van der Waals surface area contributed by atoms with Crippen molar-refractivity contribution in [3.05, 3.63) is 30.0 Å². The van der Waals surface area contributed by atoms with Gasteiger partial charge >= 0.3 is 0 Å². The monoisotopic (exact) mass is 288 g/mol. The third kappa shape index (κ3) is 3.78. The van der Waals surface area contributed by atoms with Crippen LogP contribution in [0.4, 0.5) is 17.3 Å². The molecule has 0 aromatic carbocycles. The number of rotatable bonds is 5. The number of nitrogens with zero attached hydrogens (tertiary/aromatic N) is 3. The molecule has 0 aliphatic carbocycles. The van der Waals surface area contributed by atoms with E-state index in [-0.39, 0.29) is 17.6 Å². The first-order valence-corrected chi connectivity index (χ1v) is 6.29. The molecule has 2 heterocycles. The Morgan fingerprint density at radius 1 is 1.33 bits per heavy atom. The lowest BCUT2D eigenvalue weighted by molar-refractivity contribution is 0.0995. The van der Waals surface area contributed by atoms with Gasteiger partial charge in [-0.25, -0.2) is 0 Å². The number of hydrogen-bond donors (Lipinski definition) is 3. The van der Waals surface area contributed by atoms with E-state index in [1.165, 1.54) is 6.07 Å². The zero-order chi connectivity index (χ0) is 15.4. The molecule has 0 spiro atoms. The van der Waals surface area contributed by atoms with Crippen LogP contribution in [0.1, 0.15) is 24.3 Å². The van der Waals surface area contributed by atoms with Gasteiger partial charge in [0.25, 0.3) is 5.91 Å². The molecule has 0 fully saturated rings. The number of carbonyl (C=O) groups excluding carboxylic acids is 1. The first kappa shape index (κ1) is 14.5. The minimum Gasteiger partial charge on any atom is -0.475 e. The lowest BCUT2D eigenvalue weighted by Gasteiger charge is -2.12. The van der Waals surface area contributed by atoms with Crippen LogP contribution in [-0.2, 0) is 0 Å². The summed E-state index contributed by atoms with van der Waals surface area (Å²) >= 11 is 0. The van der Waals surface area contributed by atoms with Crippen molar-refractivity contribution in [3.63, 3.8) is 0 Å². The lowest BCUT2D eigenvalue weighted by atomic mass is 10.3. The first-order valence-electron chi connectivity index (χ1n) is 6.29. The molecule has 8 nitrogen and oxygen atoms in total. The molecule has 0 aliphatic heterocycles. The number of nitrogens with one attached hydrogen (secondary N) is 1. The fourth-order valence-electron chi connectivity index (χ4n) is 1.61. The minimum atomic E-state index is -0.709. The smallest absolute Gasteiger partial charge is 0.271 e. The highest BCUT2D eigenvalue weighted by Crippen LogP contribution is 2.21. The van der Waals surface area contributed by atoms with Crippen molar-refractivity contribution >= 4 is 23.2 Å². The molecule has 0 saturated carbocycles. The Hall–Kier alpha value is -2.90. The van der Waals surface area contributed by atoms with Gasteiger partial charge < -0.3 is 21.5 Å². The average molecular weight is 288 g/mol. The summed E-state index contributed by atoms with van der Waals surface area (Å²) in [5.41, 5.74) is 11.1. The molecule has 0 unspecified atom stereocenters. The molecular weight excluding hydrogens is 272 g/mol. The molecular formula is C13H16N6O2. The Morgan fingerprint density at radius 2 is 2.10 bits per heavy atom. The zero-order valence-electron chi connectivity index (χ0n) is 11.7. The molecule has 21 heavy (non-hydrogen) atoms. The van der Waals surface area contributed by atoms with Crippen molar-refractivity contribution in [2.45, 2.75) is 20.0 Å². The number of ether oxygens (including phenoxy) is 1. The predicted molar refractivity (Wildman–Crippen MR) is 78.2 cm³/mol. The Labute approximate surface area is 121 Å². The second-order valence-corrected chi connectivity index (χ2v) is 4.55. The van der Waals surface area contributed by atoms with E-state index in [2.05, 4.69) is 20.5 Å². The molecule has 0 aliphatic rings. The molecule has 110 valence electrons. The fourth-order valence-corrected chi connectivity index (χ4v) is 1.61. The van der Waals surface area contributed by atoms with E-state index >= 15 is 0 Å². The maximum Gasteiger partial charge on any atom is 0.271 e. The van der Waals surface area contributed by atoms with E-state index < -0.39 is 5.91 Å². The lowest BCUT2D eigenvalue weighted by Crippen LogP contribution is -2.17. The number of anilines is 3. The quantitative estimate of drug-likeness (QED) is 0.750. The van der Waals surface area contributed by atoms with Gasteiger partial charge in [-0.3, -0.25) is 4.79 Å². The molecule has 2 aromatic heterocycles. The van der Waals surface area contributed by atoms with Gasteiger partial charge in [-0.2, -0.15) is 4.98 Å². The van der Waals surface area contributed by atoms with E-state index in [4.69, 9.17) is 16.2 Å². The van der Waals surface area contributed by atoms with Crippen molar-refractivity contribution in [2.24, 2.45) is 5.73 Å². The second-order valence-electron chi connectivity index (χ2n) is 4.55. The number of pyridine rings is 1. The standard InChI is InChI=1S/C13H16N6O2/c1-7(2)21-11-5-3-4-10(17-11)16-8-6-9(14)18-19-12(8)13(15)20/h3-7H,1-2H3,(H2,15,20)(H3,14,16,17,18). The van der Waals surface area contributed by atoms with Crippen LogP contribution in [0.15, 0.2) is 24.3 Å². The summed E-state index contributed by atoms with van der Waals surface area (Å²) < 4.78 is 5.50. The Bertz CT molecular complexity index is 659. The van der Waals surface area contributed by atoms with Crippen molar-refractivity contribution < 1.29 is 9.53 Å². The van der Waals surface area contributed by atoms with Crippen LogP contribution in [0.5, 0.6) is 5.88 Å². The summed E-state index contributed by atoms with van der Waals surface area (Å²) in [6, 6.07) is 6.69. The highest BCUT2D eigenvalue weighted by Gasteiger charge is 2.12. The van der Waals surface area contributed by atoms with Crippen LogP contribution in [0.2, 0.25) is 0 Å². The number of primary amides is 1. The van der Waals surface area contributed by atoms with E-state index in [9.17, 15) is 4.79 Å². The van der Waals surface area contributed by atoms with Gasteiger partial charge in [0.2, 0.25) is 5.88 Å². The molecule has 1 amide bonds. The topological polar surface area (TPSA) is 129 Å². The van der Waals surface area contributed by atoms with Gasteiger partial charge in [0, 0.05) is 12.1 Å². The third-order valence-corrected chi connectivity index (χ3v) is 2.39. The van der Waals surface area contributed by atoms with Crippen molar-refractivity contribution in [2.75, 3.05) is 11.1 Å². The summed E-state index contributed by atoms with van der Waals surface area (Å²) in [5, 5.41) is 10.2. The van der Waals surface area contributed by atoms with E-state index in [1.54, 1.807) is 18.2 Å². The molecule has 8 heteroatoms. The Balaban J connectivity index is 2.29. The van der Waals surface area contributed by atoms with Crippen LogP contribution in [0.3, 0.4) is 0 Å². The van der Waals surface area contributed by atoms with Gasteiger partial charge in [0.05, 0.1) is 11.8 Å². The van der Waals surface area contributed by atoms with Gasteiger partial charge in [0.15, 0.2) is 5.69 Å². The highest BCUT2D eigenvalue weighted by atomic mass is 16.5. The molecule has 2 aromatic rings. The van der Waals surface area contributed by atoms with Crippen molar-refractivity contribution in [1.82, 2.24) is 15.2 Å². The summed E-state index contributed by atoms with van der Waals surface area (Å²) in [6.45, 7) is 3.81. The number of nitrogens with two attached hydrogens (primary N) is 2. The Kier molecular flexibility index (Phi) is 4.17. The SMILES string of the molecule is CC(C)Oc1cccc(Nc2cc(N)nnc2C(N)=O)n1. The summed E-state index contributed by atoms with van der Waals surface area (Å²) in [5.74, 6) is 0.394. The van der Waals surface area contributed by atoms with Crippen LogP contribution in [-0.4, -0.2) is 27.2 Å². The Morgan fingerprint density at radius 3 is 2.76 bits per heavy atom. The zero-order valence-corrected chi connectivity index (χ0v) is 11.7. The van der Waals surface area contributed by atoms with Gasteiger partial charge in [0.1, 0.15) is 11.6 Å². The third-order valence-electron chi connectivity index (χ3n) is 2.39. The molecule has 0 bridgehead atoms. The number of nitrogen functional groups attached to an aromatic ring is 1.